The largest absolute Gasteiger partial charge is 0.396 e. The van der Waals surface area contributed by atoms with Crippen LogP contribution in [-0.4, -0.2) is 42.8 Å². The van der Waals surface area contributed by atoms with Crippen molar-refractivity contribution in [2.45, 2.75) is 18.9 Å². The molecule has 6 heteroatoms. The Kier molecular flexibility index (Phi) is 7.77. The SMILES string of the molecule is Cl.OCCC[C@@H](c1ccc(Cl)cc1F)N1CCNCC1. The van der Waals surface area contributed by atoms with Crippen LogP contribution in [0.4, 0.5) is 4.39 Å². The van der Waals surface area contributed by atoms with Crippen molar-refractivity contribution in [1.29, 1.82) is 0 Å². The van der Waals surface area contributed by atoms with Crippen molar-refractivity contribution in [3.8, 4) is 0 Å². The molecule has 1 aliphatic rings. The van der Waals surface area contributed by atoms with E-state index in [1.54, 1.807) is 12.1 Å². The number of aliphatic hydroxyl groups is 1. The van der Waals surface area contributed by atoms with Crippen LogP contribution in [0.1, 0.15) is 24.4 Å². The van der Waals surface area contributed by atoms with E-state index in [1.807, 2.05) is 0 Å². The molecule has 1 saturated heterocycles. The van der Waals surface area contributed by atoms with Crippen LogP contribution in [0.2, 0.25) is 5.02 Å². The van der Waals surface area contributed by atoms with Crippen molar-refractivity contribution in [2.24, 2.45) is 0 Å². The van der Waals surface area contributed by atoms with Crippen LogP contribution in [0, 0.1) is 5.82 Å². The predicted molar refractivity (Wildman–Crippen MR) is 82.2 cm³/mol. The minimum Gasteiger partial charge on any atom is -0.396 e. The Balaban J connectivity index is 0.00000200. The van der Waals surface area contributed by atoms with Crippen LogP contribution < -0.4 is 5.32 Å². The Bertz CT molecular complexity index is 414. The number of nitrogens with zero attached hydrogens (tertiary/aromatic N) is 1. The van der Waals surface area contributed by atoms with Gasteiger partial charge in [0.05, 0.1) is 0 Å². The van der Waals surface area contributed by atoms with Crippen LogP contribution >= 0.6 is 24.0 Å². The molecule has 1 aliphatic heterocycles. The second kappa shape index (κ2) is 8.80. The molecule has 0 spiro atoms. The molecule has 2 N–H and O–H groups in total. The molecule has 0 bridgehead atoms. The fraction of sp³-hybridized carbons (Fsp3) is 0.571. The zero-order valence-corrected chi connectivity index (χ0v) is 12.9. The fourth-order valence-electron chi connectivity index (χ4n) is 2.58. The summed E-state index contributed by atoms with van der Waals surface area (Å²) in [5.41, 5.74) is 0.680. The number of aliphatic hydroxyl groups excluding tert-OH is 1. The van der Waals surface area contributed by atoms with Gasteiger partial charge in [0.2, 0.25) is 0 Å². The van der Waals surface area contributed by atoms with E-state index in [2.05, 4.69) is 10.2 Å². The first-order chi connectivity index (χ1) is 9.22. The Morgan fingerprint density at radius 2 is 2.05 bits per heavy atom. The van der Waals surface area contributed by atoms with Crippen molar-refractivity contribution >= 4 is 24.0 Å². The monoisotopic (exact) mass is 322 g/mol. The summed E-state index contributed by atoms with van der Waals surface area (Å²) in [6, 6.07) is 4.88. The third-order valence-corrected chi connectivity index (χ3v) is 3.78. The lowest BCUT2D eigenvalue weighted by molar-refractivity contribution is 0.151. The van der Waals surface area contributed by atoms with Crippen LogP contribution in [-0.2, 0) is 0 Å². The number of rotatable bonds is 5. The Morgan fingerprint density at radius 3 is 2.65 bits per heavy atom. The Hall–Kier alpha value is -0.390. The van der Waals surface area contributed by atoms with E-state index in [1.165, 1.54) is 6.07 Å². The van der Waals surface area contributed by atoms with Crippen molar-refractivity contribution in [1.82, 2.24) is 10.2 Å². The van der Waals surface area contributed by atoms with Crippen molar-refractivity contribution in [3.05, 3.63) is 34.6 Å². The number of hydrogen-bond acceptors (Lipinski definition) is 3. The van der Waals surface area contributed by atoms with E-state index in [0.717, 1.165) is 32.6 Å². The fourth-order valence-corrected chi connectivity index (χ4v) is 2.74. The van der Waals surface area contributed by atoms with Crippen molar-refractivity contribution in [3.63, 3.8) is 0 Å². The van der Waals surface area contributed by atoms with Gasteiger partial charge in [0, 0.05) is 49.4 Å². The topological polar surface area (TPSA) is 35.5 Å². The maximum absolute atomic E-state index is 14.1. The highest BCUT2D eigenvalue weighted by Crippen LogP contribution is 2.29. The van der Waals surface area contributed by atoms with Crippen LogP contribution in [0.25, 0.3) is 0 Å². The summed E-state index contributed by atoms with van der Waals surface area (Å²) in [5.74, 6) is -0.256. The summed E-state index contributed by atoms with van der Waals surface area (Å²) in [6.07, 6.45) is 1.44. The molecular weight excluding hydrogens is 302 g/mol. The predicted octanol–water partition coefficient (Wildman–Crippen LogP) is 2.62. The standard InChI is InChI=1S/C14H20ClFN2O.ClH/c15-11-3-4-12(13(16)10-11)14(2-1-9-19)18-7-5-17-6-8-18;/h3-4,10,14,17,19H,1-2,5-9H2;1H/t14-;/m0./s1. The first-order valence-corrected chi connectivity index (χ1v) is 7.10. The third kappa shape index (κ3) is 4.57. The van der Waals surface area contributed by atoms with Gasteiger partial charge in [-0.2, -0.15) is 0 Å². The summed E-state index contributed by atoms with van der Waals surface area (Å²) < 4.78 is 14.1. The maximum Gasteiger partial charge on any atom is 0.129 e. The Labute approximate surface area is 130 Å². The number of piperazine rings is 1. The summed E-state index contributed by atoms with van der Waals surface area (Å²) >= 11 is 5.81. The highest BCUT2D eigenvalue weighted by Gasteiger charge is 2.24. The summed E-state index contributed by atoms with van der Waals surface area (Å²) in [6.45, 7) is 3.78. The number of hydrogen-bond donors (Lipinski definition) is 2. The van der Waals surface area contributed by atoms with E-state index in [-0.39, 0.29) is 30.9 Å². The van der Waals surface area contributed by atoms with Gasteiger partial charge in [0.25, 0.3) is 0 Å². The molecule has 114 valence electrons. The lowest BCUT2D eigenvalue weighted by atomic mass is 9.99. The molecule has 0 radical (unpaired) electrons. The average molecular weight is 323 g/mol. The van der Waals surface area contributed by atoms with E-state index >= 15 is 0 Å². The zero-order chi connectivity index (χ0) is 13.7. The third-order valence-electron chi connectivity index (χ3n) is 3.55. The minimum absolute atomic E-state index is 0. The van der Waals surface area contributed by atoms with Gasteiger partial charge in [-0.25, -0.2) is 4.39 Å². The Morgan fingerprint density at radius 1 is 1.35 bits per heavy atom. The molecule has 3 nitrogen and oxygen atoms in total. The molecule has 0 amide bonds. The molecule has 1 aromatic carbocycles. The molecule has 1 heterocycles. The smallest absolute Gasteiger partial charge is 0.129 e. The van der Waals surface area contributed by atoms with Gasteiger partial charge in [-0.05, 0) is 25.0 Å². The maximum atomic E-state index is 14.1. The molecule has 0 saturated carbocycles. The second-order valence-electron chi connectivity index (χ2n) is 4.83. The van der Waals surface area contributed by atoms with Crippen molar-refractivity contribution < 1.29 is 9.50 Å². The number of benzene rings is 1. The minimum atomic E-state index is -0.256. The zero-order valence-electron chi connectivity index (χ0n) is 11.3. The first-order valence-electron chi connectivity index (χ1n) is 6.73. The molecule has 0 unspecified atom stereocenters. The van der Waals surface area contributed by atoms with E-state index in [0.29, 0.717) is 17.0 Å². The summed E-state index contributed by atoms with van der Waals surface area (Å²) in [5, 5.41) is 12.7. The number of halogens is 3. The van der Waals surface area contributed by atoms with E-state index in [4.69, 9.17) is 16.7 Å². The van der Waals surface area contributed by atoms with E-state index < -0.39 is 0 Å². The molecule has 0 aliphatic carbocycles. The summed E-state index contributed by atoms with van der Waals surface area (Å²) in [7, 11) is 0. The van der Waals surface area contributed by atoms with Crippen LogP contribution in [0.15, 0.2) is 18.2 Å². The van der Waals surface area contributed by atoms with Gasteiger partial charge in [-0.15, -0.1) is 12.4 Å². The highest BCUT2D eigenvalue weighted by atomic mass is 35.5. The normalized spacial score (nSPS) is 17.6. The number of nitrogens with one attached hydrogen (secondary N) is 1. The second-order valence-corrected chi connectivity index (χ2v) is 5.27. The molecule has 1 fully saturated rings. The van der Waals surface area contributed by atoms with Crippen molar-refractivity contribution in [2.75, 3.05) is 32.8 Å². The van der Waals surface area contributed by atoms with Gasteiger partial charge in [0.1, 0.15) is 5.82 Å². The highest BCUT2D eigenvalue weighted by molar-refractivity contribution is 6.30. The van der Waals surface area contributed by atoms with Gasteiger partial charge in [-0.3, -0.25) is 4.90 Å². The lowest BCUT2D eigenvalue weighted by Gasteiger charge is -2.35. The molecular formula is C14H21Cl2FN2O. The first kappa shape index (κ1) is 17.7. The molecule has 2 rings (SSSR count). The van der Waals surface area contributed by atoms with Gasteiger partial charge >= 0.3 is 0 Å². The average Bonchev–Trinajstić information content (AvgIpc) is 2.42. The van der Waals surface area contributed by atoms with Gasteiger partial charge < -0.3 is 10.4 Å². The van der Waals surface area contributed by atoms with Gasteiger partial charge in [0.15, 0.2) is 0 Å². The lowest BCUT2D eigenvalue weighted by Crippen LogP contribution is -2.45. The summed E-state index contributed by atoms with van der Waals surface area (Å²) in [4.78, 5) is 2.28. The molecule has 1 aromatic rings. The van der Waals surface area contributed by atoms with Gasteiger partial charge in [-0.1, -0.05) is 17.7 Å². The molecule has 20 heavy (non-hydrogen) atoms. The quantitative estimate of drug-likeness (QED) is 0.874. The molecule has 1 atom stereocenters. The molecule has 0 aromatic heterocycles. The van der Waals surface area contributed by atoms with E-state index in [9.17, 15) is 4.39 Å². The van der Waals surface area contributed by atoms with Crippen LogP contribution in [0.3, 0.4) is 0 Å². The van der Waals surface area contributed by atoms with Crippen LogP contribution in [0.5, 0.6) is 0 Å².